The number of piperidine rings is 1. The smallest absolute Gasteiger partial charge is 0.226 e. The molecule has 1 heterocycles. The Kier molecular flexibility index (Phi) is 8.20. The van der Waals surface area contributed by atoms with Gasteiger partial charge < -0.3 is 10.6 Å². The van der Waals surface area contributed by atoms with Gasteiger partial charge in [-0.2, -0.15) is 0 Å². The number of rotatable bonds is 9. The quantitative estimate of drug-likeness (QED) is 0.679. The van der Waals surface area contributed by atoms with Gasteiger partial charge in [-0.3, -0.25) is 4.79 Å². The normalized spacial score (nSPS) is 19.6. The molecule has 0 spiro atoms. The van der Waals surface area contributed by atoms with E-state index in [2.05, 4.69) is 31.4 Å². The number of unbranched alkanes of at least 4 members (excludes halogenated alkanes) is 1. The zero-order valence-electron chi connectivity index (χ0n) is 13.8. The zero-order valence-corrected chi connectivity index (χ0v) is 13.8. The summed E-state index contributed by atoms with van der Waals surface area (Å²) in [5.74, 6) is 0.968. The van der Waals surface area contributed by atoms with Gasteiger partial charge in [-0.05, 0) is 44.7 Å². The summed E-state index contributed by atoms with van der Waals surface area (Å²) in [5.41, 5.74) is -0.0942. The van der Waals surface area contributed by atoms with Gasteiger partial charge in [-0.25, -0.2) is 0 Å². The van der Waals surface area contributed by atoms with Gasteiger partial charge in [0.2, 0.25) is 5.91 Å². The molecule has 1 unspecified atom stereocenters. The Labute approximate surface area is 125 Å². The zero-order chi connectivity index (χ0) is 14.8. The van der Waals surface area contributed by atoms with Gasteiger partial charge in [0.05, 0.1) is 5.41 Å². The minimum atomic E-state index is -0.0942. The molecule has 2 N–H and O–H groups in total. The summed E-state index contributed by atoms with van der Waals surface area (Å²) in [6.07, 6.45) is 9.07. The van der Waals surface area contributed by atoms with Gasteiger partial charge in [0.1, 0.15) is 0 Å². The van der Waals surface area contributed by atoms with Crippen LogP contribution in [0.1, 0.15) is 72.1 Å². The maximum atomic E-state index is 12.7. The van der Waals surface area contributed by atoms with E-state index in [1.807, 2.05) is 0 Å². The maximum absolute atomic E-state index is 12.7. The van der Waals surface area contributed by atoms with Crippen LogP contribution in [-0.4, -0.2) is 25.5 Å². The van der Waals surface area contributed by atoms with Crippen molar-refractivity contribution in [1.82, 2.24) is 10.6 Å². The maximum Gasteiger partial charge on any atom is 0.226 e. The third kappa shape index (κ3) is 5.08. The van der Waals surface area contributed by atoms with Gasteiger partial charge >= 0.3 is 0 Å². The van der Waals surface area contributed by atoms with E-state index in [1.165, 1.54) is 25.7 Å². The second kappa shape index (κ2) is 9.38. The van der Waals surface area contributed by atoms with E-state index >= 15 is 0 Å². The Bertz CT molecular complexity index is 267. The molecule has 3 nitrogen and oxygen atoms in total. The van der Waals surface area contributed by atoms with Crippen molar-refractivity contribution in [2.75, 3.05) is 19.6 Å². The van der Waals surface area contributed by atoms with Crippen LogP contribution in [0.2, 0.25) is 0 Å². The van der Waals surface area contributed by atoms with Crippen LogP contribution in [0.4, 0.5) is 0 Å². The van der Waals surface area contributed by atoms with E-state index in [0.29, 0.717) is 11.8 Å². The van der Waals surface area contributed by atoms with Crippen LogP contribution < -0.4 is 10.6 Å². The fourth-order valence-electron chi connectivity index (χ4n) is 3.34. The molecule has 0 aliphatic carbocycles. The third-order valence-corrected chi connectivity index (χ3v) is 4.87. The average molecular weight is 282 g/mol. The average Bonchev–Trinajstić information content (AvgIpc) is 2.48. The van der Waals surface area contributed by atoms with Crippen LogP contribution in [0.3, 0.4) is 0 Å². The Morgan fingerprint density at radius 2 is 1.90 bits per heavy atom. The van der Waals surface area contributed by atoms with Crippen LogP contribution >= 0.6 is 0 Å². The van der Waals surface area contributed by atoms with Crippen molar-refractivity contribution in [3.8, 4) is 0 Å². The molecule has 1 aliphatic rings. The second-order valence-electron chi connectivity index (χ2n) is 6.41. The molecule has 0 aromatic carbocycles. The monoisotopic (exact) mass is 282 g/mol. The Morgan fingerprint density at radius 1 is 1.20 bits per heavy atom. The molecule has 20 heavy (non-hydrogen) atoms. The predicted octanol–water partition coefficient (Wildman–Crippen LogP) is 3.49. The van der Waals surface area contributed by atoms with Crippen LogP contribution in [0.25, 0.3) is 0 Å². The molecule has 0 bridgehead atoms. The van der Waals surface area contributed by atoms with Crippen LogP contribution in [-0.2, 0) is 4.79 Å². The summed E-state index contributed by atoms with van der Waals surface area (Å²) in [7, 11) is 0. The Balaban J connectivity index is 2.48. The minimum Gasteiger partial charge on any atom is -0.355 e. The summed E-state index contributed by atoms with van der Waals surface area (Å²) in [4.78, 5) is 12.7. The molecule has 118 valence electrons. The fraction of sp³-hybridized carbons (Fsp3) is 0.941. The van der Waals surface area contributed by atoms with E-state index in [4.69, 9.17) is 0 Å². The van der Waals surface area contributed by atoms with E-state index in [1.54, 1.807) is 0 Å². The van der Waals surface area contributed by atoms with Gasteiger partial charge in [-0.15, -0.1) is 0 Å². The number of carbonyl (C=O) groups excluding carboxylic acids is 1. The number of carbonyl (C=O) groups is 1. The van der Waals surface area contributed by atoms with Crippen molar-refractivity contribution in [1.29, 1.82) is 0 Å². The Hall–Kier alpha value is -0.570. The summed E-state index contributed by atoms with van der Waals surface area (Å²) in [5, 5.41) is 6.65. The SMILES string of the molecule is CCCCC(CC)CNC(=O)C1(CCC)CCNCC1. The Morgan fingerprint density at radius 3 is 2.45 bits per heavy atom. The summed E-state index contributed by atoms with van der Waals surface area (Å²) >= 11 is 0. The highest BCUT2D eigenvalue weighted by atomic mass is 16.2. The summed E-state index contributed by atoms with van der Waals surface area (Å²) in [6.45, 7) is 9.50. The molecular formula is C17H34N2O. The molecule has 0 aromatic rings. The second-order valence-corrected chi connectivity index (χ2v) is 6.41. The highest BCUT2D eigenvalue weighted by molar-refractivity contribution is 5.82. The third-order valence-electron chi connectivity index (χ3n) is 4.87. The van der Waals surface area contributed by atoms with Crippen molar-refractivity contribution >= 4 is 5.91 Å². The first kappa shape index (κ1) is 17.5. The largest absolute Gasteiger partial charge is 0.355 e. The standard InChI is InChI=1S/C17H34N2O/c1-4-7-8-15(6-3)14-19-16(20)17(9-5-2)10-12-18-13-11-17/h15,18H,4-14H2,1-3H3,(H,19,20). The number of hydrogen-bond acceptors (Lipinski definition) is 2. The lowest BCUT2D eigenvalue weighted by Crippen LogP contribution is -2.48. The lowest BCUT2D eigenvalue weighted by Gasteiger charge is -2.36. The van der Waals surface area contributed by atoms with E-state index in [0.717, 1.165) is 45.3 Å². The first-order valence-electron chi connectivity index (χ1n) is 8.67. The number of hydrogen-bond donors (Lipinski definition) is 2. The first-order valence-corrected chi connectivity index (χ1v) is 8.67. The van der Waals surface area contributed by atoms with Crippen molar-refractivity contribution in [3.63, 3.8) is 0 Å². The highest BCUT2D eigenvalue weighted by Gasteiger charge is 2.38. The molecule has 1 amide bonds. The molecule has 1 saturated heterocycles. The van der Waals surface area contributed by atoms with Gasteiger partial charge in [0.15, 0.2) is 0 Å². The summed E-state index contributed by atoms with van der Waals surface area (Å²) in [6, 6.07) is 0. The number of amides is 1. The van der Waals surface area contributed by atoms with Crippen LogP contribution in [0, 0.1) is 11.3 Å². The molecule has 1 rings (SSSR count). The van der Waals surface area contributed by atoms with Crippen molar-refractivity contribution in [2.45, 2.75) is 72.1 Å². The molecule has 0 aromatic heterocycles. The summed E-state index contributed by atoms with van der Waals surface area (Å²) < 4.78 is 0. The molecule has 1 atom stereocenters. The van der Waals surface area contributed by atoms with Crippen LogP contribution in [0.5, 0.6) is 0 Å². The molecule has 1 aliphatic heterocycles. The molecule has 0 saturated carbocycles. The highest BCUT2D eigenvalue weighted by Crippen LogP contribution is 2.34. The van der Waals surface area contributed by atoms with E-state index < -0.39 is 0 Å². The number of nitrogens with one attached hydrogen (secondary N) is 2. The van der Waals surface area contributed by atoms with E-state index in [9.17, 15) is 4.79 Å². The topological polar surface area (TPSA) is 41.1 Å². The van der Waals surface area contributed by atoms with Gasteiger partial charge in [-0.1, -0.05) is 46.5 Å². The molecule has 3 heteroatoms. The lowest BCUT2D eigenvalue weighted by molar-refractivity contribution is -0.133. The van der Waals surface area contributed by atoms with Crippen molar-refractivity contribution in [3.05, 3.63) is 0 Å². The molecular weight excluding hydrogens is 248 g/mol. The molecule has 0 radical (unpaired) electrons. The van der Waals surface area contributed by atoms with E-state index in [-0.39, 0.29) is 5.41 Å². The predicted molar refractivity (Wildman–Crippen MR) is 85.8 cm³/mol. The lowest BCUT2D eigenvalue weighted by atomic mass is 9.74. The van der Waals surface area contributed by atoms with Gasteiger partial charge in [0, 0.05) is 6.54 Å². The van der Waals surface area contributed by atoms with Crippen molar-refractivity contribution in [2.24, 2.45) is 11.3 Å². The fourth-order valence-corrected chi connectivity index (χ4v) is 3.34. The van der Waals surface area contributed by atoms with Crippen LogP contribution in [0.15, 0.2) is 0 Å². The van der Waals surface area contributed by atoms with Gasteiger partial charge in [0.25, 0.3) is 0 Å². The molecule has 1 fully saturated rings. The van der Waals surface area contributed by atoms with Crippen molar-refractivity contribution < 1.29 is 4.79 Å². The minimum absolute atomic E-state index is 0.0942. The first-order chi connectivity index (χ1) is 9.68.